The highest BCUT2D eigenvalue weighted by atomic mass is 35.5. The highest BCUT2D eigenvalue weighted by Gasteiger charge is 2.13. The van der Waals surface area contributed by atoms with E-state index in [0.29, 0.717) is 11.6 Å². The number of halogens is 1. The number of aryl methyl sites for hydroxylation is 1. The number of benzene rings is 3. The summed E-state index contributed by atoms with van der Waals surface area (Å²) in [6, 6.07) is 23.7. The summed E-state index contributed by atoms with van der Waals surface area (Å²) in [5.74, 6) is 0.0268. The molecule has 0 fully saturated rings. The number of carbonyl (C=O) groups excluding carboxylic acids is 1. The first kappa shape index (κ1) is 21.2. The highest BCUT2D eigenvalue weighted by molar-refractivity contribution is 7.99. The second-order valence-electron chi connectivity index (χ2n) is 7.09. The Bertz CT molecular complexity index is 1220. The number of hydrogen-bond acceptors (Lipinski definition) is 4. The van der Waals surface area contributed by atoms with Crippen LogP contribution in [-0.2, 0) is 11.3 Å². The lowest BCUT2D eigenvalue weighted by Crippen LogP contribution is -2.20. The zero-order chi connectivity index (χ0) is 21.6. The largest absolute Gasteiger partial charge is 0.314 e. The van der Waals surface area contributed by atoms with Gasteiger partial charge in [-0.15, -0.1) is 0 Å². The maximum absolute atomic E-state index is 12.3. The van der Waals surface area contributed by atoms with E-state index >= 15 is 0 Å². The summed E-state index contributed by atoms with van der Waals surface area (Å²) in [4.78, 5) is 17.0. The fourth-order valence-corrected chi connectivity index (χ4v) is 4.01. The zero-order valence-corrected chi connectivity index (χ0v) is 18.5. The second kappa shape index (κ2) is 9.81. The minimum atomic E-state index is -0.191. The zero-order valence-electron chi connectivity index (χ0n) is 17.0. The number of aromatic nitrogens is 2. The number of hydrazone groups is 1. The molecule has 1 N–H and O–H groups in total. The molecule has 0 aliphatic heterocycles. The van der Waals surface area contributed by atoms with Crippen LogP contribution in [0.2, 0.25) is 5.02 Å². The summed E-state index contributed by atoms with van der Waals surface area (Å²) in [5.41, 5.74) is 7.80. The van der Waals surface area contributed by atoms with Crippen LogP contribution in [0, 0.1) is 6.92 Å². The molecule has 1 heterocycles. The molecule has 0 aliphatic carbocycles. The Morgan fingerprint density at radius 1 is 1.10 bits per heavy atom. The van der Waals surface area contributed by atoms with Crippen molar-refractivity contribution in [1.29, 1.82) is 0 Å². The Hall–Kier alpha value is -3.09. The fraction of sp³-hybridized carbons (Fsp3) is 0.125. The Labute approximate surface area is 190 Å². The summed E-state index contributed by atoms with van der Waals surface area (Å²) in [6.45, 7) is 2.77. The van der Waals surface area contributed by atoms with Crippen LogP contribution in [0.5, 0.6) is 0 Å². The lowest BCUT2D eigenvalue weighted by Gasteiger charge is -2.09. The van der Waals surface area contributed by atoms with Gasteiger partial charge in [0.15, 0.2) is 5.16 Å². The number of nitrogens with zero attached hydrogens (tertiary/aromatic N) is 3. The van der Waals surface area contributed by atoms with Crippen molar-refractivity contribution in [2.75, 3.05) is 5.75 Å². The summed E-state index contributed by atoms with van der Waals surface area (Å²) in [6.07, 6.45) is 1.59. The van der Waals surface area contributed by atoms with Gasteiger partial charge in [-0.1, -0.05) is 77.5 Å². The Kier molecular flexibility index (Phi) is 6.70. The quantitative estimate of drug-likeness (QED) is 0.237. The van der Waals surface area contributed by atoms with Gasteiger partial charge >= 0.3 is 0 Å². The number of amides is 1. The van der Waals surface area contributed by atoms with E-state index in [2.05, 4.69) is 52.3 Å². The summed E-state index contributed by atoms with van der Waals surface area (Å²) in [5, 5.41) is 5.48. The van der Waals surface area contributed by atoms with Crippen LogP contribution in [0.25, 0.3) is 11.0 Å². The average molecular weight is 449 g/mol. The van der Waals surface area contributed by atoms with Gasteiger partial charge < -0.3 is 4.57 Å². The van der Waals surface area contributed by atoms with Gasteiger partial charge in [0.25, 0.3) is 5.91 Å². The monoisotopic (exact) mass is 448 g/mol. The maximum Gasteiger partial charge on any atom is 0.250 e. The number of carbonyl (C=O) groups is 1. The minimum absolute atomic E-state index is 0.191. The molecule has 0 spiro atoms. The van der Waals surface area contributed by atoms with Gasteiger partial charge in [-0.3, -0.25) is 4.79 Å². The fourth-order valence-electron chi connectivity index (χ4n) is 3.08. The van der Waals surface area contributed by atoms with E-state index in [9.17, 15) is 4.79 Å². The van der Waals surface area contributed by atoms with E-state index in [1.165, 1.54) is 22.9 Å². The molecule has 156 valence electrons. The molecule has 0 saturated heterocycles. The van der Waals surface area contributed by atoms with Crippen LogP contribution in [0.4, 0.5) is 0 Å². The topological polar surface area (TPSA) is 59.3 Å². The van der Waals surface area contributed by atoms with E-state index in [1.54, 1.807) is 18.3 Å². The molecule has 7 heteroatoms. The van der Waals surface area contributed by atoms with Crippen molar-refractivity contribution >= 4 is 46.5 Å². The first-order valence-corrected chi connectivity index (χ1v) is 11.2. The van der Waals surface area contributed by atoms with Gasteiger partial charge in [0.2, 0.25) is 0 Å². The van der Waals surface area contributed by atoms with Crippen LogP contribution in [0.1, 0.15) is 16.7 Å². The van der Waals surface area contributed by atoms with Crippen LogP contribution < -0.4 is 5.43 Å². The maximum atomic E-state index is 12.3. The number of fused-ring (bicyclic) bond motifs is 1. The molecule has 5 nitrogen and oxygen atoms in total. The van der Waals surface area contributed by atoms with Gasteiger partial charge in [0.05, 0.1) is 29.5 Å². The molecule has 0 bridgehead atoms. The van der Waals surface area contributed by atoms with E-state index in [-0.39, 0.29) is 11.7 Å². The highest BCUT2D eigenvalue weighted by Crippen LogP contribution is 2.25. The molecule has 1 aromatic heterocycles. The molecule has 0 radical (unpaired) electrons. The SMILES string of the molecule is Cc1ccc(Cn2c(SCC(=O)NN=Cc3ccc(Cl)cc3)nc3ccccc32)cc1. The van der Waals surface area contributed by atoms with E-state index in [1.807, 2.05) is 30.3 Å². The van der Waals surface area contributed by atoms with Crippen molar-refractivity contribution in [3.05, 3.63) is 94.5 Å². The first-order chi connectivity index (χ1) is 15.1. The van der Waals surface area contributed by atoms with Gasteiger partial charge in [0.1, 0.15) is 0 Å². The molecule has 0 aliphatic rings. The van der Waals surface area contributed by atoms with Crippen molar-refractivity contribution in [3.63, 3.8) is 0 Å². The number of imidazole rings is 1. The first-order valence-electron chi connectivity index (χ1n) is 9.79. The van der Waals surface area contributed by atoms with Crippen molar-refractivity contribution in [2.24, 2.45) is 5.10 Å². The molecule has 0 unspecified atom stereocenters. The van der Waals surface area contributed by atoms with Crippen molar-refractivity contribution in [1.82, 2.24) is 15.0 Å². The molecule has 4 rings (SSSR count). The third-order valence-corrected chi connectivity index (χ3v) is 5.91. The number of hydrogen-bond donors (Lipinski definition) is 1. The van der Waals surface area contributed by atoms with E-state index in [0.717, 1.165) is 21.8 Å². The van der Waals surface area contributed by atoms with Gasteiger partial charge in [0, 0.05) is 5.02 Å². The van der Waals surface area contributed by atoms with Crippen LogP contribution in [0.3, 0.4) is 0 Å². The molecule has 0 atom stereocenters. The number of thioether (sulfide) groups is 1. The average Bonchev–Trinajstić information content (AvgIpc) is 3.12. The third-order valence-electron chi connectivity index (χ3n) is 4.69. The summed E-state index contributed by atoms with van der Waals surface area (Å²) < 4.78 is 2.15. The Morgan fingerprint density at radius 2 is 1.84 bits per heavy atom. The molecule has 31 heavy (non-hydrogen) atoms. The molecule has 4 aromatic rings. The van der Waals surface area contributed by atoms with Crippen molar-refractivity contribution < 1.29 is 4.79 Å². The summed E-state index contributed by atoms with van der Waals surface area (Å²) in [7, 11) is 0. The number of nitrogens with one attached hydrogen (secondary N) is 1. The smallest absolute Gasteiger partial charge is 0.250 e. The Morgan fingerprint density at radius 3 is 2.61 bits per heavy atom. The lowest BCUT2D eigenvalue weighted by atomic mass is 10.1. The van der Waals surface area contributed by atoms with Gasteiger partial charge in [-0.05, 0) is 42.3 Å². The van der Waals surface area contributed by atoms with Crippen molar-refractivity contribution in [2.45, 2.75) is 18.6 Å². The predicted molar refractivity (Wildman–Crippen MR) is 128 cm³/mol. The van der Waals surface area contributed by atoms with Crippen LogP contribution >= 0.6 is 23.4 Å². The van der Waals surface area contributed by atoms with Crippen LogP contribution in [-0.4, -0.2) is 27.4 Å². The standard InChI is InChI=1S/C24H21ClN4OS/c1-17-6-8-19(9-7-17)15-29-22-5-3-2-4-21(22)27-24(29)31-16-23(30)28-26-14-18-10-12-20(25)13-11-18/h2-14H,15-16H2,1H3,(H,28,30). The van der Waals surface area contributed by atoms with Gasteiger partial charge in [-0.2, -0.15) is 5.10 Å². The predicted octanol–water partition coefficient (Wildman–Crippen LogP) is 5.29. The van der Waals surface area contributed by atoms with Gasteiger partial charge in [-0.25, -0.2) is 10.4 Å². The van der Waals surface area contributed by atoms with Crippen molar-refractivity contribution in [3.8, 4) is 0 Å². The molecule has 0 saturated carbocycles. The number of rotatable bonds is 7. The third kappa shape index (κ3) is 5.54. The van der Waals surface area contributed by atoms with Crippen LogP contribution in [0.15, 0.2) is 83.1 Å². The lowest BCUT2D eigenvalue weighted by molar-refractivity contribution is -0.118. The normalized spacial score (nSPS) is 11.3. The minimum Gasteiger partial charge on any atom is -0.314 e. The number of para-hydroxylation sites is 2. The summed E-state index contributed by atoms with van der Waals surface area (Å²) >= 11 is 7.27. The molecule has 1 amide bonds. The molecular weight excluding hydrogens is 428 g/mol. The Balaban J connectivity index is 1.44. The second-order valence-corrected chi connectivity index (χ2v) is 8.47. The van der Waals surface area contributed by atoms with E-state index < -0.39 is 0 Å². The molecular formula is C24H21ClN4OS. The van der Waals surface area contributed by atoms with E-state index in [4.69, 9.17) is 16.6 Å². The molecule has 3 aromatic carbocycles.